The number of rotatable bonds is 13. The molecule has 188 valence electrons. The van der Waals surface area contributed by atoms with E-state index in [1.165, 1.54) is 22.9 Å². The third kappa shape index (κ3) is 8.07. The molecule has 1 fully saturated rings. The van der Waals surface area contributed by atoms with Crippen LogP contribution < -0.4 is 27.2 Å². The lowest BCUT2D eigenvalue weighted by Crippen LogP contribution is -2.33. The Hall–Kier alpha value is -3.05. The highest BCUT2D eigenvalue weighted by molar-refractivity contribution is 5.91. The van der Waals surface area contributed by atoms with E-state index in [0.717, 1.165) is 0 Å². The molecule has 2 amide bonds. The second-order valence-electron chi connectivity index (χ2n) is 8.21. The summed E-state index contributed by atoms with van der Waals surface area (Å²) in [5, 5.41) is 8.24. The molecule has 0 bridgehead atoms. The van der Waals surface area contributed by atoms with Crippen LogP contribution in [0.2, 0.25) is 0 Å². The van der Waals surface area contributed by atoms with Gasteiger partial charge in [0.1, 0.15) is 12.0 Å². The Morgan fingerprint density at radius 2 is 1.94 bits per heavy atom. The molecule has 0 unspecified atom stereocenters. The number of aromatic amines is 1. The number of ketones is 1. The van der Waals surface area contributed by atoms with Crippen LogP contribution in [0.25, 0.3) is 6.08 Å². The number of amides is 2. The maximum absolute atomic E-state index is 12.5. The average molecular weight is 478 g/mol. The third-order valence-electron chi connectivity index (χ3n) is 5.65. The van der Waals surface area contributed by atoms with Gasteiger partial charge < -0.3 is 20.7 Å². The van der Waals surface area contributed by atoms with Crippen LogP contribution in [0.3, 0.4) is 0 Å². The summed E-state index contributed by atoms with van der Waals surface area (Å²) < 4.78 is 7.33. The third-order valence-corrected chi connectivity index (χ3v) is 5.65. The SMILES string of the molecule is CCNC(=O)CCC(=O)C[C@@H]1C[C@H](n2cc(/C=C/C(=O)NCCNC)c(=O)[nH]c2=O)O[C@@H]1CC. The second-order valence-corrected chi connectivity index (χ2v) is 8.21. The average Bonchev–Trinajstić information content (AvgIpc) is 3.19. The number of hydrogen-bond donors (Lipinski definition) is 4. The summed E-state index contributed by atoms with van der Waals surface area (Å²) in [7, 11) is 1.77. The van der Waals surface area contributed by atoms with E-state index in [1.54, 1.807) is 7.05 Å². The van der Waals surface area contributed by atoms with Crippen molar-refractivity contribution in [2.75, 3.05) is 26.7 Å². The van der Waals surface area contributed by atoms with Gasteiger partial charge in [0, 0.05) is 51.2 Å². The van der Waals surface area contributed by atoms with Crippen LogP contribution in [-0.2, 0) is 19.1 Å². The van der Waals surface area contributed by atoms with Crippen LogP contribution in [-0.4, -0.2) is 59.9 Å². The molecule has 0 saturated carbocycles. The molecule has 2 heterocycles. The Labute approximate surface area is 198 Å². The number of aromatic nitrogens is 2. The Kier molecular flexibility index (Phi) is 10.9. The van der Waals surface area contributed by atoms with Crippen LogP contribution in [0.4, 0.5) is 0 Å². The summed E-state index contributed by atoms with van der Waals surface area (Å²) in [4.78, 5) is 62.8. The van der Waals surface area contributed by atoms with Crippen molar-refractivity contribution in [2.24, 2.45) is 5.92 Å². The summed E-state index contributed by atoms with van der Waals surface area (Å²) in [6.45, 7) is 5.33. The standard InChI is InChI=1S/C23H35N5O6/c1-4-18-16(12-17(29)7-9-19(30)25-5-2)13-21(34-18)28-14-15(22(32)27-23(28)33)6-8-20(31)26-11-10-24-3/h6,8,14,16,18,21,24H,4-5,7,9-13H2,1-3H3,(H,25,30)(H,26,31)(H,27,32,33)/b8-6+/t16-,18-,21-/m1/s1. The van der Waals surface area contributed by atoms with Gasteiger partial charge in [-0.2, -0.15) is 0 Å². The van der Waals surface area contributed by atoms with Gasteiger partial charge in [0.05, 0.1) is 11.7 Å². The highest BCUT2D eigenvalue weighted by atomic mass is 16.5. The number of H-pyrrole nitrogens is 1. The summed E-state index contributed by atoms with van der Waals surface area (Å²) in [6.07, 6.45) is 4.72. The highest BCUT2D eigenvalue weighted by Crippen LogP contribution is 2.36. The van der Waals surface area contributed by atoms with Crippen molar-refractivity contribution in [3.63, 3.8) is 0 Å². The molecule has 4 N–H and O–H groups in total. The Morgan fingerprint density at radius 3 is 2.62 bits per heavy atom. The Morgan fingerprint density at radius 1 is 1.18 bits per heavy atom. The summed E-state index contributed by atoms with van der Waals surface area (Å²) >= 11 is 0. The monoisotopic (exact) mass is 477 g/mol. The lowest BCUT2D eigenvalue weighted by atomic mass is 9.92. The van der Waals surface area contributed by atoms with Crippen LogP contribution in [0.1, 0.15) is 57.7 Å². The predicted molar refractivity (Wildman–Crippen MR) is 127 cm³/mol. The van der Waals surface area contributed by atoms with E-state index in [1.807, 2.05) is 13.8 Å². The highest BCUT2D eigenvalue weighted by Gasteiger charge is 2.36. The Balaban J connectivity index is 2.08. The van der Waals surface area contributed by atoms with Gasteiger partial charge in [-0.3, -0.25) is 28.7 Å². The van der Waals surface area contributed by atoms with E-state index in [9.17, 15) is 24.0 Å². The van der Waals surface area contributed by atoms with E-state index in [0.29, 0.717) is 32.5 Å². The van der Waals surface area contributed by atoms with Crippen molar-refractivity contribution in [2.45, 2.75) is 58.3 Å². The number of hydrogen-bond acceptors (Lipinski definition) is 7. The first-order chi connectivity index (χ1) is 16.3. The zero-order valence-corrected chi connectivity index (χ0v) is 20.0. The lowest BCUT2D eigenvalue weighted by molar-refractivity contribution is -0.126. The molecule has 11 heteroatoms. The van der Waals surface area contributed by atoms with Gasteiger partial charge in [0.2, 0.25) is 11.8 Å². The first-order valence-corrected chi connectivity index (χ1v) is 11.7. The summed E-state index contributed by atoms with van der Waals surface area (Å²) in [6, 6.07) is 0. The van der Waals surface area contributed by atoms with Crippen LogP contribution in [0.5, 0.6) is 0 Å². The molecular weight excluding hydrogens is 442 g/mol. The molecular formula is C23H35N5O6. The van der Waals surface area contributed by atoms with Gasteiger partial charge in [0.15, 0.2) is 0 Å². The van der Waals surface area contributed by atoms with Crippen molar-refractivity contribution in [3.05, 3.63) is 38.7 Å². The summed E-state index contributed by atoms with van der Waals surface area (Å²) in [5.41, 5.74) is -1.09. The van der Waals surface area contributed by atoms with Crippen molar-refractivity contribution in [1.29, 1.82) is 0 Å². The lowest BCUT2D eigenvalue weighted by Gasteiger charge is -2.16. The number of nitrogens with one attached hydrogen (secondary N) is 4. The first kappa shape index (κ1) is 27.2. The fourth-order valence-electron chi connectivity index (χ4n) is 3.90. The molecule has 1 aromatic rings. The van der Waals surface area contributed by atoms with Gasteiger partial charge in [-0.25, -0.2) is 4.79 Å². The second kappa shape index (κ2) is 13.6. The fraction of sp³-hybridized carbons (Fsp3) is 0.609. The van der Waals surface area contributed by atoms with Crippen molar-refractivity contribution in [3.8, 4) is 0 Å². The fourth-order valence-corrected chi connectivity index (χ4v) is 3.90. The first-order valence-electron chi connectivity index (χ1n) is 11.7. The molecule has 11 nitrogen and oxygen atoms in total. The van der Waals surface area contributed by atoms with E-state index in [4.69, 9.17) is 4.74 Å². The molecule has 3 atom stereocenters. The van der Waals surface area contributed by atoms with Crippen molar-refractivity contribution < 1.29 is 19.1 Å². The van der Waals surface area contributed by atoms with Crippen LogP contribution in [0, 0.1) is 5.92 Å². The molecule has 0 spiro atoms. The number of carbonyl (C=O) groups is 3. The topological polar surface area (TPSA) is 151 Å². The maximum atomic E-state index is 12.5. The maximum Gasteiger partial charge on any atom is 0.330 e. The number of carbonyl (C=O) groups excluding carboxylic acids is 3. The quantitative estimate of drug-likeness (QED) is 0.232. The van der Waals surface area contributed by atoms with Crippen molar-refractivity contribution in [1.82, 2.24) is 25.5 Å². The molecule has 34 heavy (non-hydrogen) atoms. The van der Waals surface area contributed by atoms with Gasteiger partial charge in [-0.1, -0.05) is 6.92 Å². The summed E-state index contributed by atoms with van der Waals surface area (Å²) in [5.74, 6) is -0.644. The van der Waals surface area contributed by atoms with E-state index in [-0.39, 0.29) is 54.4 Å². The molecule has 1 aromatic heterocycles. The molecule has 0 aliphatic carbocycles. The predicted octanol–water partition coefficient (Wildman–Crippen LogP) is 0.0746. The molecule has 0 radical (unpaired) electrons. The Bertz CT molecular complexity index is 998. The molecule has 2 rings (SSSR count). The molecule has 0 aromatic carbocycles. The smallest absolute Gasteiger partial charge is 0.330 e. The van der Waals surface area contributed by atoms with E-state index < -0.39 is 17.5 Å². The number of likely N-dealkylation sites (N-methyl/N-ethyl adjacent to an activating group) is 1. The van der Waals surface area contributed by atoms with Gasteiger partial charge in [-0.15, -0.1) is 0 Å². The van der Waals surface area contributed by atoms with E-state index >= 15 is 0 Å². The van der Waals surface area contributed by atoms with Crippen molar-refractivity contribution >= 4 is 23.7 Å². The number of Topliss-reactive ketones (excluding diaryl/α,β-unsaturated/α-hetero) is 1. The number of ether oxygens (including phenoxy) is 1. The molecule has 1 aliphatic heterocycles. The minimum absolute atomic E-state index is 0.0272. The van der Waals surface area contributed by atoms with Crippen LogP contribution in [0.15, 0.2) is 21.9 Å². The molecule has 1 aliphatic rings. The largest absolute Gasteiger partial charge is 0.356 e. The zero-order chi connectivity index (χ0) is 25.1. The zero-order valence-electron chi connectivity index (χ0n) is 20.0. The number of nitrogens with zero attached hydrogens (tertiary/aromatic N) is 1. The van der Waals surface area contributed by atoms with Gasteiger partial charge >= 0.3 is 5.69 Å². The van der Waals surface area contributed by atoms with Gasteiger partial charge in [-0.05, 0) is 38.8 Å². The van der Waals surface area contributed by atoms with Gasteiger partial charge in [0.25, 0.3) is 5.56 Å². The van der Waals surface area contributed by atoms with Crippen LogP contribution >= 0.6 is 0 Å². The van der Waals surface area contributed by atoms with E-state index in [2.05, 4.69) is 20.9 Å². The minimum atomic E-state index is -0.646. The minimum Gasteiger partial charge on any atom is -0.356 e. The molecule has 1 saturated heterocycles. The normalized spacial score (nSPS) is 19.9.